The molecule has 1 aromatic heterocycles. The molecule has 6 nitrogen and oxygen atoms in total. The van der Waals surface area contributed by atoms with Crippen LogP contribution in [0.3, 0.4) is 0 Å². The molecule has 0 saturated carbocycles. The molecule has 0 radical (unpaired) electrons. The first-order valence-corrected chi connectivity index (χ1v) is 10.3. The Kier molecular flexibility index (Phi) is 7.25. The number of amides is 1. The van der Waals surface area contributed by atoms with E-state index in [1.807, 2.05) is 30.3 Å². The summed E-state index contributed by atoms with van der Waals surface area (Å²) in [6, 6.07) is 16.1. The summed E-state index contributed by atoms with van der Waals surface area (Å²) in [6.45, 7) is 2.12. The lowest BCUT2D eigenvalue weighted by Gasteiger charge is -2.10. The number of halogens is 1. The van der Waals surface area contributed by atoms with E-state index >= 15 is 0 Å². The van der Waals surface area contributed by atoms with E-state index in [-0.39, 0.29) is 12.3 Å². The summed E-state index contributed by atoms with van der Waals surface area (Å²) in [7, 11) is 0. The van der Waals surface area contributed by atoms with Crippen LogP contribution in [-0.2, 0) is 17.6 Å². The van der Waals surface area contributed by atoms with Gasteiger partial charge in [-0.3, -0.25) is 9.59 Å². The molecule has 1 amide bonds. The number of benzene rings is 2. The molecule has 0 spiro atoms. The van der Waals surface area contributed by atoms with Gasteiger partial charge in [-0.25, -0.2) is 4.68 Å². The van der Waals surface area contributed by atoms with Gasteiger partial charge in [-0.2, -0.15) is 5.10 Å². The van der Waals surface area contributed by atoms with Crippen LogP contribution in [0.1, 0.15) is 47.8 Å². The van der Waals surface area contributed by atoms with Gasteiger partial charge >= 0.3 is 5.97 Å². The Labute approximate surface area is 180 Å². The molecule has 0 saturated heterocycles. The largest absolute Gasteiger partial charge is 0.481 e. The highest BCUT2D eigenvalue weighted by atomic mass is 35.5. The molecule has 0 bridgehead atoms. The van der Waals surface area contributed by atoms with Gasteiger partial charge in [0, 0.05) is 23.1 Å². The molecular weight excluding hydrogens is 402 g/mol. The van der Waals surface area contributed by atoms with Gasteiger partial charge in [-0.05, 0) is 61.2 Å². The van der Waals surface area contributed by atoms with E-state index < -0.39 is 5.97 Å². The third-order valence-corrected chi connectivity index (χ3v) is 4.93. The van der Waals surface area contributed by atoms with Crippen LogP contribution in [0.25, 0.3) is 5.69 Å². The summed E-state index contributed by atoms with van der Waals surface area (Å²) in [5.41, 5.74) is 3.05. The van der Waals surface area contributed by atoms with Crippen LogP contribution in [0.2, 0.25) is 5.02 Å². The maximum absolute atomic E-state index is 12.7. The van der Waals surface area contributed by atoms with Gasteiger partial charge in [0.05, 0.1) is 11.4 Å². The van der Waals surface area contributed by atoms with E-state index in [9.17, 15) is 9.59 Å². The van der Waals surface area contributed by atoms with Crippen LogP contribution >= 0.6 is 11.6 Å². The molecule has 0 aliphatic carbocycles. The van der Waals surface area contributed by atoms with Crippen LogP contribution in [0.4, 0.5) is 5.82 Å². The lowest BCUT2D eigenvalue weighted by molar-refractivity contribution is -0.136. The average molecular weight is 426 g/mol. The van der Waals surface area contributed by atoms with Gasteiger partial charge in [0.2, 0.25) is 0 Å². The lowest BCUT2D eigenvalue weighted by atomic mass is 10.1. The van der Waals surface area contributed by atoms with Gasteiger partial charge < -0.3 is 10.4 Å². The molecule has 0 aliphatic rings. The van der Waals surface area contributed by atoms with Crippen molar-refractivity contribution in [1.82, 2.24) is 9.78 Å². The molecule has 1 heterocycles. The summed E-state index contributed by atoms with van der Waals surface area (Å²) in [5, 5.41) is 17.1. The normalized spacial score (nSPS) is 10.7. The topological polar surface area (TPSA) is 84.2 Å². The maximum Gasteiger partial charge on any atom is 0.303 e. The number of aryl methyl sites for hydroxylation is 2. The fourth-order valence-electron chi connectivity index (χ4n) is 3.08. The molecule has 0 fully saturated rings. The quantitative estimate of drug-likeness (QED) is 0.497. The highest BCUT2D eigenvalue weighted by Gasteiger charge is 2.14. The number of carbonyl (C=O) groups is 2. The van der Waals surface area contributed by atoms with Crippen molar-refractivity contribution < 1.29 is 14.7 Å². The minimum atomic E-state index is -0.836. The van der Waals surface area contributed by atoms with Crippen molar-refractivity contribution in [3.8, 4) is 5.69 Å². The molecule has 0 unspecified atom stereocenters. The number of aliphatic carboxylic acids is 1. The van der Waals surface area contributed by atoms with Gasteiger partial charge in [-0.1, -0.05) is 37.1 Å². The van der Waals surface area contributed by atoms with Crippen molar-refractivity contribution >= 4 is 29.3 Å². The van der Waals surface area contributed by atoms with Crippen LogP contribution in [0.5, 0.6) is 0 Å². The van der Waals surface area contributed by atoms with E-state index in [1.165, 1.54) is 0 Å². The smallest absolute Gasteiger partial charge is 0.303 e. The molecule has 3 aromatic rings. The Morgan fingerprint density at radius 2 is 1.87 bits per heavy atom. The second-order valence-corrected chi connectivity index (χ2v) is 7.50. The summed E-state index contributed by atoms with van der Waals surface area (Å²) in [4.78, 5) is 23.6. The van der Waals surface area contributed by atoms with E-state index in [0.29, 0.717) is 22.8 Å². The molecule has 156 valence electrons. The van der Waals surface area contributed by atoms with Crippen LogP contribution in [-0.4, -0.2) is 26.8 Å². The second kappa shape index (κ2) is 10.1. The number of carboxylic acids is 1. The summed E-state index contributed by atoms with van der Waals surface area (Å²) >= 11 is 5.91. The fourth-order valence-corrected chi connectivity index (χ4v) is 3.21. The van der Waals surface area contributed by atoms with E-state index in [1.54, 1.807) is 28.9 Å². The number of nitrogens with one attached hydrogen (secondary N) is 1. The van der Waals surface area contributed by atoms with Crippen molar-refractivity contribution in [1.29, 1.82) is 0 Å². The Morgan fingerprint density at radius 1 is 1.10 bits per heavy atom. The molecule has 7 heteroatoms. The summed E-state index contributed by atoms with van der Waals surface area (Å²) in [6.07, 6.45) is 3.35. The van der Waals surface area contributed by atoms with Crippen molar-refractivity contribution in [3.63, 3.8) is 0 Å². The highest BCUT2D eigenvalue weighted by molar-refractivity contribution is 6.30. The molecule has 30 heavy (non-hydrogen) atoms. The maximum atomic E-state index is 12.7. The van der Waals surface area contributed by atoms with Crippen LogP contribution < -0.4 is 5.32 Å². The zero-order valence-corrected chi connectivity index (χ0v) is 17.5. The van der Waals surface area contributed by atoms with Gasteiger partial charge in [0.25, 0.3) is 5.91 Å². The average Bonchev–Trinajstić information content (AvgIpc) is 3.14. The standard InChI is InChI=1S/C23H24ClN3O3/c1-2-3-6-19-15-21(25-23(30)17-9-11-18(24)12-10-17)27(26-19)20-7-4-5-16(14-20)8-13-22(28)29/h4-5,7,9-12,14-15H,2-3,6,8,13H2,1H3,(H,25,30)(H,28,29). The Bertz CT molecular complexity index is 1030. The second-order valence-electron chi connectivity index (χ2n) is 7.06. The molecule has 2 N–H and O–H groups in total. The minimum absolute atomic E-state index is 0.0600. The zero-order chi connectivity index (χ0) is 21.5. The predicted octanol–water partition coefficient (Wildman–Crippen LogP) is 5.14. The Morgan fingerprint density at radius 3 is 2.57 bits per heavy atom. The highest BCUT2D eigenvalue weighted by Crippen LogP contribution is 2.21. The summed E-state index contributed by atoms with van der Waals surface area (Å²) < 4.78 is 1.70. The number of nitrogens with zero attached hydrogens (tertiary/aromatic N) is 2. The number of carboxylic acid groups (broad SMARTS) is 1. The number of unbranched alkanes of at least 4 members (excludes halogenated alkanes) is 1. The van der Waals surface area contributed by atoms with Gasteiger partial charge in [0.15, 0.2) is 0 Å². The molecule has 0 aliphatic heterocycles. The van der Waals surface area contributed by atoms with Crippen molar-refractivity contribution in [3.05, 3.63) is 76.4 Å². The van der Waals surface area contributed by atoms with E-state index in [2.05, 4.69) is 17.3 Å². The van der Waals surface area contributed by atoms with Crippen molar-refractivity contribution in [2.75, 3.05) is 5.32 Å². The fraction of sp³-hybridized carbons (Fsp3) is 0.261. The monoisotopic (exact) mass is 425 g/mol. The molecule has 2 aromatic carbocycles. The van der Waals surface area contributed by atoms with Crippen molar-refractivity contribution in [2.24, 2.45) is 0 Å². The first-order chi connectivity index (χ1) is 14.5. The molecule has 0 atom stereocenters. The lowest BCUT2D eigenvalue weighted by Crippen LogP contribution is -2.15. The third kappa shape index (κ3) is 5.70. The Balaban J connectivity index is 1.90. The van der Waals surface area contributed by atoms with E-state index in [0.717, 1.165) is 36.2 Å². The van der Waals surface area contributed by atoms with Crippen LogP contribution in [0.15, 0.2) is 54.6 Å². The minimum Gasteiger partial charge on any atom is -0.481 e. The zero-order valence-electron chi connectivity index (χ0n) is 16.8. The van der Waals surface area contributed by atoms with Gasteiger partial charge in [0.1, 0.15) is 5.82 Å². The number of hydrogen-bond acceptors (Lipinski definition) is 3. The first kappa shape index (κ1) is 21.6. The SMILES string of the molecule is CCCCc1cc(NC(=O)c2ccc(Cl)cc2)n(-c2cccc(CCC(=O)O)c2)n1. The summed E-state index contributed by atoms with van der Waals surface area (Å²) in [5.74, 6) is -0.523. The van der Waals surface area contributed by atoms with E-state index in [4.69, 9.17) is 16.7 Å². The third-order valence-electron chi connectivity index (χ3n) is 4.68. The number of carbonyl (C=O) groups excluding carboxylic acids is 1. The molecular formula is C23H24ClN3O3. The number of aromatic nitrogens is 2. The predicted molar refractivity (Wildman–Crippen MR) is 118 cm³/mol. The van der Waals surface area contributed by atoms with Crippen LogP contribution in [0, 0.1) is 0 Å². The molecule has 3 rings (SSSR count). The number of rotatable bonds is 9. The number of hydrogen-bond donors (Lipinski definition) is 2. The Hall–Kier alpha value is -3.12. The first-order valence-electron chi connectivity index (χ1n) is 9.93. The van der Waals surface area contributed by atoms with Crippen molar-refractivity contribution in [2.45, 2.75) is 39.0 Å². The number of anilines is 1. The van der Waals surface area contributed by atoms with Gasteiger partial charge in [-0.15, -0.1) is 0 Å².